The third-order valence-electron chi connectivity index (χ3n) is 5.01. The molecule has 2 N–H and O–H groups in total. The second kappa shape index (κ2) is 8.96. The number of thiazole rings is 1. The number of guanidine groups is 1. The highest BCUT2D eigenvalue weighted by Gasteiger charge is 2.21. The van der Waals surface area contributed by atoms with Crippen molar-refractivity contribution in [3.8, 4) is 16.3 Å². The molecule has 0 radical (unpaired) electrons. The largest absolute Gasteiger partial charge is 0.506 e. The minimum absolute atomic E-state index is 0.334. The average Bonchev–Trinajstić information content (AvgIpc) is 3.25. The molecule has 0 bridgehead atoms. The molecule has 1 aliphatic rings. The molecule has 4 rings (SSSR count). The van der Waals surface area contributed by atoms with Crippen molar-refractivity contribution in [2.75, 3.05) is 38.1 Å². The van der Waals surface area contributed by atoms with Gasteiger partial charge in [-0.2, -0.15) is 0 Å². The number of anilines is 1. The molecule has 0 aliphatic carbocycles. The number of hydrogen-bond donors (Lipinski definition) is 2. The van der Waals surface area contributed by atoms with Crippen LogP contribution in [0, 0.1) is 0 Å². The number of para-hydroxylation sites is 2. The molecule has 1 aliphatic heterocycles. The number of piperazine rings is 1. The van der Waals surface area contributed by atoms with Gasteiger partial charge in [-0.25, -0.2) is 4.98 Å². The van der Waals surface area contributed by atoms with Crippen LogP contribution in [0.15, 0.2) is 65.0 Å². The summed E-state index contributed by atoms with van der Waals surface area (Å²) in [5.41, 5.74) is 3.06. The summed E-state index contributed by atoms with van der Waals surface area (Å²) in [4.78, 5) is 13.7. The van der Waals surface area contributed by atoms with Gasteiger partial charge >= 0.3 is 0 Å². The van der Waals surface area contributed by atoms with Crippen molar-refractivity contribution in [3.05, 3.63) is 65.7 Å². The van der Waals surface area contributed by atoms with Gasteiger partial charge in [-0.1, -0.05) is 42.5 Å². The number of phenols is 1. The van der Waals surface area contributed by atoms with Gasteiger partial charge in [0.05, 0.1) is 17.9 Å². The Morgan fingerprint density at radius 3 is 2.52 bits per heavy atom. The predicted molar refractivity (Wildman–Crippen MR) is 120 cm³/mol. The fourth-order valence-electron chi connectivity index (χ4n) is 3.49. The molecule has 1 saturated heterocycles. The Labute approximate surface area is 175 Å². The number of aromatic hydroxyl groups is 1. The van der Waals surface area contributed by atoms with Gasteiger partial charge in [-0.05, 0) is 12.1 Å². The zero-order chi connectivity index (χ0) is 20.1. The first-order chi connectivity index (χ1) is 14.2. The Balaban J connectivity index is 1.33. The van der Waals surface area contributed by atoms with E-state index in [1.54, 1.807) is 17.4 Å². The summed E-state index contributed by atoms with van der Waals surface area (Å²) >= 11 is 1.66. The summed E-state index contributed by atoms with van der Waals surface area (Å²) in [6.07, 6.45) is 0. The van der Waals surface area contributed by atoms with Crippen molar-refractivity contribution in [1.82, 2.24) is 15.2 Å². The molecule has 0 amide bonds. The minimum Gasteiger partial charge on any atom is -0.506 e. The van der Waals surface area contributed by atoms with E-state index in [4.69, 9.17) is 4.98 Å². The lowest BCUT2D eigenvalue weighted by Crippen LogP contribution is -2.52. The molecular weight excluding hydrogens is 382 g/mol. The van der Waals surface area contributed by atoms with Crippen molar-refractivity contribution in [3.63, 3.8) is 0 Å². The maximum absolute atomic E-state index is 10.1. The lowest BCUT2D eigenvalue weighted by atomic mass is 10.2. The zero-order valence-electron chi connectivity index (χ0n) is 16.5. The van der Waals surface area contributed by atoms with Gasteiger partial charge < -0.3 is 20.2 Å². The van der Waals surface area contributed by atoms with E-state index in [-0.39, 0.29) is 0 Å². The second-order valence-electron chi connectivity index (χ2n) is 6.87. The van der Waals surface area contributed by atoms with Crippen molar-refractivity contribution >= 4 is 23.0 Å². The van der Waals surface area contributed by atoms with Crippen molar-refractivity contribution in [2.45, 2.75) is 6.54 Å². The van der Waals surface area contributed by atoms with Crippen LogP contribution in [-0.4, -0.2) is 54.2 Å². The molecule has 1 fully saturated rings. The number of hydrogen-bond acceptors (Lipinski definition) is 5. The fourth-order valence-corrected chi connectivity index (χ4v) is 4.32. The van der Waals surface area contributed by atoms with E-state index in [1.165, 1.54) is 0 Å². The van der Waals surface area contributed by atoms with E-state index >= 15 is 0 Å². The monoisotopic (exact) mass is 407 g/mol. The van der Waals surface area contributed by atoms with Crippen LogP contribution in [0.1, 0.15) is 5.69 Å². The van der Waals surface area contributed by atoms with Crippen LogP contribution in [0.2, 0.25) is 0 Å². The number of aromatic nitrogens is 1. The SMILES string of the molecule is CN=C(NCc1csc(-c2ccccc2)n1)N1CCN(c2ccccc2O)CC1. The molecule has 0 atom stereocenters. The lowest BCUT2D eigenvalue weighted by Gasteiger charge is -2.37. The van der Waals surface area contributed by atoms with Crippen LogP contribution in [-0.2, 0) is 6.54 Å². The Hall–Kier alpha value is -3.06. The summed E-state index contributed by atoms with van der Waals surface area (Å²) in [6, 6.07) is 17.8. The summed E-state index contributed by atoms with van der Waals surface area (Å²) < 4.78 is 0. The Kier molecular flexibility index (Phi) is 5.95. The molecule has 0 unspecified atom stereocenters. The van der Waals surface area contributed by atoms with Crippen LogP contribution in [0.4, 0.5) is 5.69 Å². The van der Waals surface area contributed by atoms with Crippen molar-refractivity contribution < 1.29 is 5.11 Å². The van der Waals surface area contributed by atoms with E-state index in [0.717, 1.165) is 54.1 Å². The summed E-state index contributed by atoms with van der Waals surface area (Å²) in [5.74, 6) is 1.22. The number of nitrogens with zero attached hydrogens (tertiary/aromatic N) is 4. The van der Waals surface area contributed by atoms with Gasteiger partial charge in [0.15, 0.2) is 5.96 Å². The van der Waals surface area contributed by atoms with Gasteiger partial charge in [0, 0.05) is 44.2 Å². The number of aliphatic imine (C=N–C) groups is 1. The first-order valence-corrected chi connectivity index (χ1v) is 10.6. The molecule has 2 heterocycles. The van der Waals surface area contributed by atoms with Crippen LogP contribution in [0.25, 0.3) is 10.6 Å². The van der Waals surface area contributed by atoms with Crippen LogP contribution in [0.5, 0.6) is 5.75 Å². The van der Waals surface area contributed by atoms with Gasteiger partial charge in [0.1, 0.15) is 10.8 Å². The first-order valence-electron chi connectivity index (χ1n) is 9.73. The van der Waals surface area contributed by atoms with Crippen LogP contribution >= 0.6 is 11.3 Å². The summed E-state index contributed by atoms with van der Waals surface area (Å²) in [7, 11) is 1.81. The number of rotatable bonds is 4. The molecule has 3 aromatic rings. The average molecular weight is 408 g/mol. The quantitative estimate of drug-likeness (QED) is 0.513. The molecular formula is C22H25N5OS. The maximum Gasteiger partial charge on any atom is 0.194 e. The molecule has 0 saturated carbocycles. The van der Waals surface area contributed by atoms with Crippen molar-refractivity contribution in [1.29, 1.82) is 0 Å². The molecule has 150 valence electrons. The number of phenolic OH excluding ortho intramolecular Hbond substituents is 1. The van der Waals surface area contributed by atoms with Gasteiger partial charge in [-0.3, -0.25) is 4.99 Å². The standard InChI is InChI=1S/C22H25N5OS/c1-23-22(24-15-18-16-29-21(25-18)17-7-3-2-4-8-17)27-13-11-26(12-14-27)19-9-5-6-10-20(19)28/h2-10,16,28H,11-15H2,1H3,(H,23,24). The van der Waals surface area contributed by atoms with Gasteiger partial charge in [0.2, 0.25) is 0 Å². The van der Waals surface area contributed by atoms with E-state index in [2.05, 4.69) is 37.6 Å². The minimum atomic E-state index is 0.334. The van der Waals surface area contributed by atoms with Crippen LogP contribution < -0.4 is 10.2 Å². The fraction of sp³-hybridized carbons (Fsp3) is 0.273. The first kappa shape index (κ1) is 19.3. The predicted octanol–water partition coefficient (Wildman–Crippen LogP) is 3.41. The highest BCUT2D eigenvalue weighted by molar-refractivity contribution is 7.13. The summed E-state index contributed by atoms with van der Waals surface area (Å²) in [5, 5.41) is 16.7. The van der Waals surface area contributed by atoms with Crippen LogP contribution in [0.3, 0.4) is 0 Å². The topological polar surface area (TPSA) is 64.0 Å². The number of benzene rings is 2. The van der Waals surface area contributed by atoms with Gasteiger partial charge in [0.25, 0.3) is 0 Å². The lowest BCUT2D eigenvalue weighted by molar-refractivity contribution is 0.369. The van der Waals surface area contributed by atoms with E-state index < -0.39 is 0 Å². The Morgan fingerprint density at radius 1 is 1.07 bits per heavy atom. The maximum atomic E-state index is 10.1. The van der Waals surface area contributed by atoms with E-state index in [1.807, 2.05) is 43.4 Å². The number of nitrogens with one attached hydrogen (secondary N) is 1. The smallest absolute Gasteiger partial charge is 0.194 e. The zero-order valence-corrected chi connectivity index (χ0v) is 17.3. The molecule has 2 aromatic carbocycles. The third-order valence-corrected chi connectivity index (χ3v) is 5.95. The highest BCUT2D eigenvalue weighted by atomic mass is 32.1. The third kappa shape index (κ3) is 4.51. The van der Waals surface area contributed by atoms with E-state index in [0.29, 0.717) is 12.3 Å². The summed E-state index contributed by atoms with van der Waals surface area (Å²) in [6.45, 7) is 4.02. The van der Waals surface area contributed by atoms with Crippen molar-refractivity contribution in [2.24, 2.45) is 4.99 Å². The molecule has 0 spiro atoms. The van der Waals surface area contributed by atoms with Gasteiger partial charge in [-0.15, -0.1) is 11.3 Å². The highest BCUT2D eigenvalue weighted by Crippen LogP contribution is 2.27. The molecule has 6 nitrogen and oxygen atoms in total. The second-order valence-corrected chi connectivity index (χ2v) is 7.73. The normalized spacial score (nSPS) is 14.9. The Bertz CT molecular complexity index is 964. The Morgan fingerprint density at radius 2 is 1.79 bits per heavy atom. The molecule has 7 heteroatoms. The molecule has 29 heavy (non-hydrogen) atoms. The van der Waals surface area contributed by atoms with E-state index in [9.17, 15) is 5.11 Å². The molecule has 1 aromatic heterocycles.